The molecule has 0 bridgehead atoms. The van der Waals surface area contributed by atoms with Crippen LogP contribution in [0.15, 0.2) is 10.5 Å². The number of nitrogens with zero attached hydrogens (tertiary/aromatic N) is 1. The van der Waals surface area contributed by atoms with Gasteiger partial charge in [-0.3, -0.25) is 4.90 Å². The zero-order chi connectivity index (χ0) is 9.97. The molecule has 0 amide bonds. The second-order valence-electron chi connectivity index (χ2n) is 3.62. The van der Waals surface area contributed by atoms with E-state index in [0.717, 1.165) is 50.1 Å². The highest BCUT2D eigenvalue weighted by Crippen LogP contribution is 2.19. The van der Waals surface area contributed by atoms with Crippen molar-refractivity contribution in [2.24, 2.45) is 0 Å². The van der Waals surface area contributed by atoms with E-state index < -0.39 is 0 Å². The van der Waals surface area contributed by atoms with Crippen molar-refractivity contribution >= 4 is 5.69 Å². The first-order chi connectivity index (χ1) is 6.75. The Morgan fingerprint density at radius 3 is 2.71 bits per heavy atom. The summed E-state index contributed by atoms with van der Waals surface area (Å²) in [6.45, 7) is 6.24. The molecular weight excluding hydrogens is 180 g/mol. The van der Waals surface area contributed by atoms with Gasteiger partial charge in [-0.05, 0) is 6.92 Å². The number of morpholine rings is 1. The van der Waals surface area contributed by atoms with E-state index in [1.165, 1.54) is 0 Å². The molecule has 0 atom stereocenters. The molecule has 1 aliphatic rings. The molecule has 2 heterocycles. The molecule has 0 aliphatic carbocycles. The van der Waals surface area contributed by atoms with Crippen LogP contribution < -0.4 is 5.73 Å². The van der Waals surface area contributed by atoms with E-state index >= 15 is 0 Å². The minimum Gasteiger partial charge on any atom is -0.463 e. The number of nitrogen functional groups attached to an aromatic ring is 1. The summed E-state index contributed by atoms with van der Waals surface area (Å²) >= 11 is 0. The van der Waals surface area contributed by atoms with Crippen LogP contribution in [0.1, 0.15) is 11.5 Å². The van der Waals surface area contributed by atoms with Crippen LogP contribution in [0, 0.1) is 6.92 Å². The molecule has 14 heavy (non-hydrogen) atoms. The molecule has 0 aromatic carbocycles. The maximum atomic E-state index is 5.81. The zero-order valence-corrected chi connectivity index (χ0v) is 8.45. The summed E-state index contributed by atoms with van der Waals surface area (Å²) in [5, 5.41) is 0. The molecule has 4 nitrogen and oxygen atoms in total. The Morgan fingerprint density at radius 1 is 1.43 bits per heavy atom. The topological polar surface area (TPSA) is 51.6 Å². The van der Waals surface area contributed by atoms with Gasteiger partial charge in [0.1, 0.15) is 11.5 Å². The molecule has 1 aromatic heterocycles. The molecule has 1 aromatic rings. The SMILES string of the molecule is Cc1cc(N)c(CN2CCOCC2)o1. The maximum Gasteiger partial charge on any atom is 0.140 e. The third kappa shape index (κ3) is 2.08. The van der Waals surface area contributed by atoms with Gasteiger partial charge in [-0.1, -0.05) is 0 Å². The van der Waals surface area contributed by atoms with Crippen LogP contribution in [0.2, 0.25) is 0 Å². The molecule has 0 unspecified atom stereocenters. The van der Waals surface area contributed by atoms with Gasteiger partial charge in [0.05, 0.1) is 25.4 Å². The Kier molecular flexibility index (Phi) is 2.74. The van der Waals surface area contributed by atoms with Crippen LogP contribution >= 0.6 is 0 Å². The van der Waals surface area contributed by atoms with Crippen LogP contribution in [0.3, 0.4) is 0 Å². The summed E-state index contributed by atoms with van der Waals surface area (Å²) in [6.07, 6.45) is 0. The van der Waals surface area contributed by atoms with Crippen LogP contribution in [-0.4, -0.2) is 31.2 Å². The number of furan rings is 1. The lowest BCUT2D eigenvalue weighted by Gasteiger charge is -2.25. The Labute approximate surface area is 83.6 Å². The van der Waals surface area contributed by atoms with E-state index in [-0.39, 0.29) is 0 Å². The average molecular weight is 196 g/mol. The van der Waals surface area contributed by atoms with Crippen molar-refractivity contribution in [2.45, 2.75) is 13.5 Å². The third-order valence-electron chi connectivity index (χ3n) is 2.44. The molecule has 1 fully saturated rings. The third-order valence-corrected chi connectivity index (χ3v) is 2.44. The predicted octanol–water partition coefficient (Wildman–Crippen LogP) is 1.00. The van der Waals surface area contributed by atoms with E-state index in [1.807, 2.05) is 13.0 Å². The summed E-state index contributed by atoms with van der Waals surface area (Å²) in [5.74, 6) is 1.76. The summed E-state index contributed by atoms with van der Waals surface area (Å²) in [5.41, 5.74) is 6.57. The van der Waals surface area contributed by atoms with Crippen molar-refractivity contribution in [3.63, 3.8) is 0 Å². The second-order valence-corrected chi connectivity index (χ2v) is 3.62. The highest BCUT2D eigenvalue weighted by atomic mass is 16.5. The molecular formula is C10H16N2O2. The number of aryl methyl sites for hydroxylation is 1. The van der Waals surface area contributed by atoms with E-state index in [9.17, 15) is 0 Å². The Balaban J connectivity index is 1.98. The van der Waals surface area contributed by atoms with E-state index in [4.69, 9.17) is 14.9 Å². The second kappa shape index (κ2) is 4.02. The van der Waals surface area contributed by atoms with Gasteiger partial charge in [-0.15, -0.1) is 0 Å². The van der Waals surface area contributed by atoms with Crippen molar-refractivity contribution < 1.29 is 9.15 Å². The Morgan fingerprint density at radius 2 is 2.14 bits per heavy atom. The van der Waals surface area contributed by atoms with Gasteiger partial charge in [-0.2, -0.15) is 0 Å². The fourth-order valence-electron chi connectivity index (χ4n) is 1.67. The van der Waals surface area contributed by atoms with Crippen molar-refractivity contribution in [3.05, 3.63) is 17.6 Å². The molecule has 4 heteroatoms. The predicted molar refractivity (Wildman–Crippen MR) is 54.0 cm³/mol. The van der Waals surface area contributed by atoms with E-state index in [1.54, 1.807) is 0 Å². The molecule has 0 spiro atoms. The van der Waals surface area contributed by atoms with Crippen LogP contribution in [-0.2, 0) is 11.3 Å². The molecule has 1 aliphatic heterocycles. The van der Waals surface area contributed by atoms with Crippen molar-refractivity contribution in [1.82, 2.24) is 4.90 Å². The first-order valence-electron chi connectivity index (χ1n) is 4.90. The Bertz CT molecular complexity index is 303. The molecule has 0 radical (unpaired) electrons. The fraction of sp³-hybridized carbons (Fsp3) is 0.600. The number of hydrogen-bond acceptors (Lipinski definition) is 4. The van der Waals surface area contributed by atoms with Gasteiger partial charge in [0.2, 0.25) is 0 Å². The van der Waals surface area contributed by atoms with Gasteiger partial charge in [0.15, 0.2) is 0 Å². The van der Waals surface area contributed by atoms with Crippen LogP contribution in [0.25, 0.3) is 0 Å². The summed E-state index contributed by atoms with van der Waals surface area (Å²) in [4.78, 5) is 2.29. The lowest BCUT2D eigenvalue weighted by Crippen LogP contribution is -2.35. The summed E-state index contributed by atoms with van der Waals surface area (Å²) in [7, 11) is 0. The number of hydrogen-bond donors (Lipinski definition) is 1. The summed E-state index contributed by atoms with van der Waals surface area (Å²) < 4.78 is 10.8. The number of ether oxygens (including phenoxy) is 1. The Hall–Kier alpha value is -1.00. The molecule has 78 valence electrons. The van der Waals surface area contributed by atoms with Crippen molar-refractivity contribution in [2.75, 3.05) is 32.0 Å². The normalized spacial score (nSPS) is 18.6. The minimum atomic E-state index is 0.758. The summed E-state index contributed by atoms with van der Waals surface area (Å²) in [6, 6.07) is 1.87. The smallest absolute Gasteiger partial charge is 0.140 e. The number of rotatable bonds is 2. The van der Waals surface area contributed by atoms with Gasteiger partial charge in [0.25, 0.3) is 0 Å². The monoisotopic (exact) mass is 196 g/mol. The highest BCUT2D eigenvalue weighted by Gasteiger charge is 2.14. The number of nitrogens with two attached hydrogens (primary N) is 1. The largest absolute Gasteiger partial charge is 0.463 e. The minimum absolute atomic E-state index is 0.758. The zero-order valence-electron chi connectivity index (χ0n) is 8.45. The first-order valence-corrected chi connectivity index (χ1v) is 4.90. The molecule has 0 saturated carbocycles. The first kappa shape index (κ1) is 9.55. The average Bonchev–Trinajstić information content (AvgIpc) is 2.47. The van der Waals surface area contributed by atoms with Gasteiger partial charge < -0.3 is 14.9 Å². The molecule has 2 rings (SSSR count). The van der Waals surface area contributed by atoms with Crippen molar-refractivity contribution in [1.29, 1.82) is 0 Å². The van der Waals surface area contributed by atoms with E-state index in [2.05, 4.69) is 4.90 Å². The standard InChI is InChI=1S/C10H16N2O2/c1-8-6-9(11)10(14-8)7-12-2-4-13-5-3-12/h6H,2-5,7,11H2,1H3. The maximum absolute atomic E-state index is 5.81. The molecule has 1 saturated heterocycles. The van der Waals surface area contributed by atoms with E-state index in [0.29, 0.717) is 0 Å². The van der Waals surface area contributed by atoms with Crippen LogP contribution in [0.4, 0.5) is 5.69 Å². The quantitative estimate of drug-likeness (QED) is 0.766. The highest BCUT2D eigenvalue weighted by molar-refractivity contribution is 5.42. The van der Waals surface area contributed by atoms with Crippen molar-refractivity contribution in [3.8, 4) is 0 Å². The van der Waals surface area contributed by atoms with Gasteiger partial charge in [-0.25, -0.2) is 0 Å². The van der Waals surface area contributed by atoms with Gasteiger partial charge in [0, 0.05) is 19.2 Å². The molecule has 2 N–H and O–H groups in total. The lowest BCUT2D eigenvalue weighted by atomic mass is 10.3. The van der Waals surface area contributed by atoms with Crippen LogP contribution in [0.5, 0.6) is 0 Å². The fourth-order valence-corrected chi connectivity index (χ4v) is 1.67. The number of anilines is 1. The van der Waals surface area contributed by atoms with Gasteiger partial charge >= 0.3 is 0 Å². The lowest BCUT2D eigenvalue weighted by molar-refractivity contribution is 0.0313.